The van der Waals surface area contributed by atoms with Gasteiger partial charge in [-0.2, -0.15) is 5.26 Å². The van der Waals surface area contributed by atoms with E-state index in [1.54, 1.807) is 19.9 Å². The van der Waals surface area contributed by atoms with Crippen LogP contribution in [-0.2, 0) is 0 Å². The first-order chi connectivity index (χ1) is 8.33. The Morgan fingerprint density at radius 1 is 1.39 bits per heavy atom. The molecule has 0 amide bonds. The fourth-order valence-corrected chi connectivity index (χ4v) is 1.65. The number of hydrogen-bond donors (Lipinski definition) is 0. The SMILES string of the molecule is COc1ccc(C(C)C)cc1C(=O)C(C)(C)C#N. The molecule has 0 fully saturated rings. The minimum atomic E-state index is -1.04. The van der Waals surface area contributed by atoms with E-state index >= 15 is 0 Å². The quantitative estimate of drug-likeness (QED) is 0.762. The Hall–Kier alpha value is -1.82. The molecule has 0 aliphatic carbocycles. The molecule has 0 heterocycles. The van der Waals surface area contributed by atoms with Crippen molar-refractivity contribution in [3.63, 3.8) is 0 Å². The van der Waals surface area contributed by atoms with Crippen LogP contribution in [0.3, 0.4) is 0 Å². The molecular formula is C15H19NO2. The normalized spacial score (nSPS) is 11.2. The van der Waals surface area contributed by atoms with Gasteiger partial charge in [0, 0.05) is 0 Å². The summed E-state index contributed by atoms with van der Waals surface area (Å²) < 4.78 is 5.21. The Morgan fingerprint density at radius 3 is 2.44 bits per heavy atom. The summed E-state index contributed by atoms with van der Waals surface area (Å²) in [6, 6.07) is 7.59. The summed E-state index contributed by atoms with van der Waals surface area (Å²) in [7, 11) is 1.53. The van der Waals surface area contributed by atoms with Gasteiger partial charge in [0.05, 0.1) is 18.7 Å². The van der Waals surface area contributed by atoms with Crippen LogP contribution in [0.2, 0.25) is 0 Å². The van der Waals surface area contributed by atoms with Crippen LogP contribution < -0.4 is 4.74 Å². The van der Waals surface area contributed by atoms with Crippen molar-refractivity contribution in [2.24, 2.45) is 5.41 Å². The Kier molecular flexibility index (Phi) is 4.13. The maximum absolute atomic E-state index is 12.3. The lowest BCUT2D eigenvalue weighted by atomic mass is 9.84. The first kappa shape index (κ1) is 14.2. The number of nitrogens with zero attached hydrogens (tertiary/aromatic N) is 1. The van der Waals surface area contributed by atoms with E-state index < -0.39 is 5.41 Å². The summed E-state index contributed by atoms with van der Waals surface area (Å²) in [6.07, 6.45) is 0. The standard InChI is InChI=1S/C15H19NO2/c1-10(2)11-6-7-13(18-5)12(8-11)14(17)15(3,4)9-16/h6-8,10H,1-5H3. The Labute approximate surface area is 108 Å². The monoisotopic (exact) mass is 245 g/mol. The van der Waals surface area contributed by atoms with Crippen LogP contribution in [0.5, 0.6) is 5.75 Å². The molecule has 96 valence electrons. The van der Waals surface area contributed by atoms with Crippen LogP contribution in [-0.4, -0.2) is 12.9 Å². The smallest absolute Gasteiger partial charge is 0.186 e. The highest BCUT2D eigenvalue weighted by atomic mass is 16.5. The van der Waals surface area contributed by atoms with Crippen molar-refractivity contribution in [1.29, 1.82) is 5.26 Å². The number of nitriles is 1. The van der Waals surface area contributed by atoms with Gasteiger partial charge in [-0.1, -0.05) is 19.9 Å². The molecule has 0 aliphatic heterocycles. The van der Waals surface area contributed by atoms with Gasteiger partial charge in [-0.05, 0) is 37.5 Å². The highest BCUT2D eigenvalue weighted by Gasteiger charge is 2.30. The minimum absolute atomic E-state index is 0.204. The molecular weight excluding hydrogens is 226 g/mol. The molecule has 3 nitrogen and oxygen atoms in total. The number of benzene rings is 1. The van der Waals surface area contributed by atoms with Gasteiger partial charge >= 0.3 is 0 Å². The van der Waals surface area contributed by atoms with Crippen LogP contribution in [0.4, 0.5) is 0 Å². The van der Waals surface area contributed by atoms with Crippen molar-refractivity contribution in [2.45, 2.75) is 33.6 Å². The number of methoxy groups -OCH3 is 1. The van der Waals surface area contributed by atoms with Gasteiger partial charge in [0.15, 0.2) is 5.78 Å². The van der Waals surface area contributed by atoms with Gasteiger partial charge in [0.25, 0.3) is 0 Å². The van der Waals surface area contributed by atoms with E-state index in [-0.39, 0.29) is 5.78 Å². The van der Waals surface area contributed by atoms with Crippen LogP contribution in [0.1, 0.15) is 49.5 Å². The second kappa shape index (κ2) is 5.22. The number of carbonyl (C=O) groups excluding carboxylic acids is 1. The highest BCUT2D eigenvalue weighted by Crippen LogP contribution is 2.30. The Bertz CT molecular complexity index is 496. The van der Waals surface area contributed by atoms with Crippen molar-refractivity contribution in [3.8, 4) is 11.8 Å². The van der Waals surface area contributed by atoms with E-state index in [0.717, 1.165) is 5.56 Å². The molecule has 0 unspecified atom stereocenters. The van der Waals surface area contributed by atoms with Crippen LogP contribution in [0.15, 0.2) is 18.2 Å². The number of rotatable bonds is 4. The second-order valence-corrected chi connectivity index (χ2v) is 5.18. The van der Waals surface area contributed by atoms with Crippen LogP contribution in [0, 0.1) is 16.7 Å². The van der Waals surface area contributed by atoms with Gasteiger partial charge in [-0.3, -0.25) is 4.79 Å². The molecule has 0 bridgehead atoms. The molecule has 0 aliphatic rings. The zero-order valence-corrected chi connectivity index (χ0v) is 11.6. The predicted octanol–water partition coefficient (Wildman–Crippen LogP) is 3.55. The maximum atomic E-state index is 12.3. The summed E-state index contributed by atoms with van der Waals surface area (Å²) in [6.45, 7) is 7.37. The second-order valence-electron chi connectivity index (χ2n) is 5.18. The fourth-order valence-electron chi connectivity index (χ4n) is 1.65. The van der Waals surface area contributed by atoms with E-state index in [1.165, 1.54) is 7.11 Å². The third kappa shape index (κ3) is 2.70. The average molecular weight is 245 g/mol. The number of Topliss-reactive ketones (excluding diaryl/α,β-unsaturated/α-hetero) is 1. The summed E-state index contributed by atoms with van der Waals surface area (Å²) in [5.41, 5.74) is 0.506. The third-order valence-corrected chi connectivity index (χ3v) is 2.98. The summed E-state index contributed by atoms with van der Waals surface area (Å²) in [5, 5.41) is 9.06. The lowest BCUT2D eigenvalue weighted by Gasteiger charge is -2.17. The fraction of sp³-hybridized carbons (Fsp3) is 0.467. The first-order valence-electron chi connectivity index (χ1n) is 5.97. The molecule has 1 aromatic carbocycles. The molecule has 0 saturated carbocycles. The largest absolute Gasteiger partial charge is 0.496 e. The summed E-state index contributed by atoms with van der Waals surface area (Å²) in [5.74, 6) is 0.643. The maximum Gasteiger partial charge on any atom is 0.186 e. The van der Waals surface area contributed by atoms with Gasteiger partial charge in [-0.15, -0.1) is 0 Å². The number of ketones is 1. The summed E-state index contributed by atoms with van der Waals surface area (Å²) in [4.78, 5) is 12.3. The van der Waals surface area contributed by atoms with Crippen molar-refractivity contribution in [3.05, 3.63) is 29.3 Å². The lowest BCUT2D eigenvalue weighted by molar-refractivity contribution is 0.0888. The zero-order valence-electron chi connectivity index (χ0n) is 11.6. The van der Waals surface area contributed by atoms with E-state index in [4.69, 9.17) is 10.00 Å². The number of ether oxygens (including phenoxy) is 1. The van der Waals surface area contributed by atoms with Crippen LogP contribution >= 0.6 is 0 Å². The van der Waals surface area contributed by atoms with Crippen molar-refractivity contribution in [2.75, 3.05) is 7.11 Å². The van der Waals surface area contributed by atoms with Crippen LogP contribution in [0.25, 0.3) is 0 Å². The number of carbonyl (C=O) groups is 1. The van der Waals surface area contributed by atoms with Crippen molar-refractivity contribution in [1.82, 2.24) is 0 Å². The van der Waals surface area contributed by atoms with Crippen molar-refractivity contribution >= 4 is 5.78 Å². The minimum Gasteiger partial charge on any atom is -0.496 e. The molecule has 0 spiro atoms. The molecule has 0 saturated heterocycles. The Morgan fingerprint density at radius 2 is 2.00 bits per heavy atom. The lowest BCUT2D eigenvalue weighted by Crippen LogP contribution is -2.23. The molecule has 0 radical (unpaired) electrons. The summed E-state index contributed by atoms with van der Waals surface area (Å²) >= 11 is 0. The molecule has 3 heteroatoms. The van der Waals surface area contributed by atoms with E-state index in [1.807, 2.05) is 18.2 Å². The van der Waals surface area contributed by atoms with Crippen molar-refractivity contribution < 1.29 is 9.53 Å². The van der Waals surface area contributed by atoms with Gasteiger partial charge in [0.1, 0.15) is 11.2 Å². The van der Waals surface area contributed by atoms with Gasteiger partial charge < -0.3 is 4.74 Å². The molecule has 18 heavy (non-hydrogen) atoms. The Balaban J connectivity index is 3.34. The molecule has 0 atom stereocenters. The van der Waals surface area contributed by atoms with E-state index in [2.05, 4.69) is 13.8 Å². The average Bonchev–Trinajstić information content (AvgIpc) is 2.36. The topological polar surface area (TPSA) is 50.1 Å². The first-order valence-corrected chi connectivity index (χ1v) is 5.97. The molecule has 0 N–H and O–H groups in total. The predicted molar refractivity (Wildman–Crippen MR) is 70.8 cm³/mol. The van der Waals surface area contributed by atoms with E-state index in [0.29, 0.717) is 17.2 Å². The van der Waals surface area contributed by atoms with Gasteiger partial charge in [0.2, 0.25) is 0 Å². The molecule has 1 aromatic rings. The van der Waals surface area contributed by atoms with Gasteiger partial charge in [-0.25, -0.2) is 0 Å². The molecule has 0 aromatic heterocycles. The van der Waals surface area contributed by atoms with E-state index in [9.17, 15) is 4.79 Å². The zero-order chi connectivity index (χ0) is 13.9. The highest BCUT2D eigenvalue weighted by molar-refractivity contribution is 6.04. The molecule has 1 rings (SSSR count). The third-order valence-electron chi connectivity index (χ3n) is 2.98. The number of hydrogen-bond acceptors (Lipinski definition) is 3.